The van der Waals surface area contributed by atoms with E-state index in [-0.39, 0.29) is 11.3 Å². The van der Waals surface area contributed by atoms with Gasteiger partial charge in [-0.2, -0.15) is 0 Å². The summed E-state index contributed by atoms with van der Waals surface area (Å²) in [5, 5.41) is 2.67. The molecule has 8 heteroatoms. The minimum atomic E-state index is -0.714. The lowest BCUT2D eigenvalue weighted by atomic mass is 10.1. The lowest BCUT2D eigenvalue weighted by Gasteiger charge is -2.07. The molecule has 0 spiro atoms. The Morgan fingerprint density at radius 1 is 1.19 bits per heavy atom. The number of carbonyl (C=O) groups excluding carboxylic acids is 3. The molecule has 2 aromatic rings. The van der Waals surface area contributed by atoms with Gasteiger partial charge in [0, 0.05) is 16.3 Å². The van der Waals surface area contributed by atoms with Crippen molar-refractivity contribution in [2.75, 3.05) is 25.3 Å². The lowest BCUT2D eigenvalue weighted by Crippen LogP contribution is -2.21. The monoisotopic (exact) mass is 376 g/mol. The molecule has 1 heterocycles. The summed E-state index contributed by atoms with van der Waals surface area (Å²) in [6.45, 7) is 2.83. The van der Waals surface area contributed by atoms with E-state index in [2.05, 4.69) is 10.3 Å². The molecule has 0 aliphatic heterocycles. The van der Waals surface area contributed by atoms with Gasteiger partial charge in [-0.15, -0.1) is 11.8 Å². The van der Waals surface area contributed by atoms with Crippen molar-refractivity contribution in [2.45, 2.75) is 18.7 Å². The molecular formula is C18H20N2O5S. The molecule has 1 aromatic carbocycles. The molecule has 0 bridgehead atoms. The summed E-state index contributed by atoms with van der Waals surface area (Å²) in [6, 6.07) is 7.33. The first-order chi connectivity index (χ1) is 12.4. The molecule has 2 rings (SSSR count). The Morgan fingerprint density at radius 3 is 2.58 bits per heavy atom. The number of thioether (sulfide) groups is 1. The van der Waals surface area contributed by atoms with Crippen molar-refractivity contribution in [3.63, 3.8) is 0 Å². The molecule has 26 heavy (non-hydrogen) atoms. The van der Waals surface area contributed by atoms with Gasteiger partial charge in [-0.1, -0.05) is 6.07 Å². The maximum absolute atomic E-state index is 12.2. The number of nitrogens with one attached hydrogen (secondary N) is 2. The third-order valence-electron chi connectivity index (χ3n) is 3.72. The molecule has 0 unspecified atom stereocenters. The largest absolute Gasteiger partial charge is 0.465 e. The van der Waals surface area contributed by atoms with E-state index in [1.54, 1.807) is 31.7 Å². The van der Waals surface area contributed by atoms with Gasteiger partial charge in [0.25, 0.3) is 5.91 Å². The zero-order valence-corrected chi connectivity index (χ0v) is 15.8. The molecule has 0 aliphatic carbocycles. The molecule has 1 aromatic heterocycles. The Morgan fingerprint density at radius 2 is 1.92 bits per heavy atom. The van der Waals surface area contributed by atoms with Crippen molar-refractivity contribution in [3.05, 3.63) is 46.8 Å². The van der Waals surface area contributed by atoms with E-state index >= 15 is 0 Å². The van der Waals surface area contributed by atoms with E-state index in [0.717, 1.165) is 4.90 Å². The first-order valence-electron chi connectivity index (χ1n) is 7.75. The normalized spacial score (nSPS) is 10.3. The Labute approximate surface area is 155 Å². The Bertz CT molecular complexity index is 844. The van der Waals surface area contributed by atoms with Crippen LogP contribution in [0.5, 0.6) is 0 Å². The number of rotatable bonds is 6. The second-order valence-electron chi connectivity index (χ2n) is 5.47. The van der Waals surface area contributed by atoms with Crippen molar-refractivity contribution >= 4 is 35.3 Å². The second kappa shape index (κ2) is 8.57. The Kier molecular flexibility index (Phi) is 6.46. The maximum Gasteiger partial charge on any atom is 0.355 e. The predicted octanol–water partition coefficient (Wildman–Crippen LogP) is 2.94. The maximum atomic E-state index is 12.2. The summed E-state index contributed by atoms with van der Waals surface area (Å²) in [4.78, 5) is 39.8. The van der Waals surface area contributed by atoms with E-state index in [9.17, 15) is 14.4 Å². The topological polar surface area (TPSA) is 97.5 Å². The number of anilines is 1. The summed E-state index contributed by atoms with van der Waals surface area (Å²) in [7, 11) is 1.27. The first-order valence-corrected chi connectivity index (χ1v) is 8.98. The number of benzene rings is 1. The van der Waals surface area contributed by atoms with Crippen LogP contribution in [0.3, 0.4) is 0 Å². The smallest absolute Gasteiger partial charge is 0.355 e. The highest BCUT2D eigenvalue weighted by atomic mass is 32.2. The number of ether oxygens (including phenoxy) is 2. The van der Waals surface area contributed by atoms with Crippen LogP contribution in [0.2, 0.25) is 0 Å². The average molecular weight is 376 g/mol. The summed E-state index contributed by atoms with van der Waals surface area (Å²) in [5.74, 6) is -1.71. The van der Waals surface area contributed by atoms with E-state index in [1.807, 2.05) is 24.5 Å². The number of aryl methyl sites for hydroxylation is 1. The van der Waals surface area contributed by atoms with Gasteiger partial charge in [0.15, 0.2) is 6.61 Å². The third kappa shape index (κ3) is 4.45. The van der Waals surface area contributed by atoms with Crippen molar-refractivity contribution in [3.8, 4) is 0 Å². The van der Waals surface area contributed by atoms with Gasteiger partial charge in [0.1, 0.15) is 5.69 Å². The summed E-state index contributed by atoms with van der Waals surface area (Å²) in [6.07, 6.45) is 1.94. The van der Waals surface area contributed by atoms with Gasteiger partial charge in [0.2, 0.25) is 0 Å². The third-order valence-corrected chi connectivity index (χ3v) is 4.44. The van der Waals surface area contributed by atoms with Crippen LogP contribution in [-0.4, -0.2) is 42.8 Å². The van der Waals surface area contributed by atoms with Crippen molar-refractivity contribution in [2.24, 2.45) is 0 Å². The van der Waals surface area contributed by atoms with E-state index < -0.39 is 24.5 Å². The van der Waals surface area contributed by atoms with Crippen molar-refractivity contribution < 1.29 is 23.9 Å². The highest BCUT2D eigenvalue weighted by Gasteiger charge is 2.23. The van der Waals surface area contributed by atoms with E-state index in [0.29, 0.717) is 16.9 Å². The van der Waals surface area contributed by atoms with Crippen molar-refractivity contribution in [1.82, 2.24) is 4.98 Å². The van der Waals surface area contributed by atoms with Gasteiger partial charge in [-0.05, 0) is 43.9 Å². The minimum Gasteiger partial charge on any atom is -0.465 e. The second-order valence-corrected chi connectivity index (χ2v) is 6.35. The minimum absolute atomic E-state index is 0.125. The lowest BCUT2D eigenvalue weighted by molar-refractivity contribution is -0.119. The summed E-state index contributed by atoms with van der Waals surface area (Å²) >= 11 is 1.56. The van der Waals surface area contributed by atoms with Gasteiger partial charge < -0.3 is 19.8 Å². The van der Waals surface area contributed by atoms with Crippen molar-refractivity contribution in [1.29, 1.82) is 0 Å². The fourth-order valence-corrected chi connectivity index (χ4v) is 2.92. The fraction of sp³-hybridized carbons (Fsp3) is 0.278. The molecule has 0 saturated heterocycles. The van der Waals surface area contributed by atoms with Crippen LogP contribution in [0, 0.1) is 13.8 Å². The van der Waals surface area contributed by atoms with Gasteiger partial charge in [-0.25, -0.2) is 9.59 Å². The number of methoxy groups -OCH3 is 1. The number of hydrogen-bond donors (Lipinski definition) is 2. The molecule has 0 saturated carbocycles. The summed E-state index contributed by atoms with van der Waals surface area (Å²) in [5.41, 5.74) is 1.96. The molecule has 0 fully saturated rings. The van der Waals surface area contributed by atoms with Crippen LogP contribution in [0.25, 0.3) is 0 Å². The highest BCUT2D eigenvalue weighted by Crippen LogP contribution is 2.20. The first kappa shape index (κ1) is 19.6. The van der Waals surface area contributed by atoms with Gasteiger partial charge in [-0.3, -0.25) is 4.79 Å². The molecule has 0 radical (unpaired) electrons. The van der Waals surface area contributed by atoms with Crippen LogP contribution in [0.15, 0.2) is 29.2 Å². The van der Waals surface area contributed by atoms with Crippen LogP contribution in [0.1, 0.15) is 32.1 Å². The van der Waals surface area contributed by atoms with Crippen LogP contribution >= 0.6 is 11.8 Å². The number of aromatic nitrogens is 1. The average Bonchev–Trinajstić information content (AvgIpc) is 2.93. The number of aromatic amines is 1. The van der Waals surface area contributed by atoms with Crippen LogP contribution in [-0.2, 0) is 14.3 Å². The molecule has 138 valence electrons. The SMILES string of the molecule is COC(=O)c1c(C)[nH]c(C(=O)OCC(=O)Nc2cccc(SC)c2)c1C. The molecule has 0 atom stereocenters. The standard InChI is InChI=1S/C18H20N2O5S/c1-10-15(17(22)24-3)11(2)19-16(10)18(23)25-9-14(21)20-12-6-5-7-13(8-12)26-4/h5-8,19H,9H2,1-4H3,(H,20,21). The van der Waals surface area contributed by atoms with Gasteiger partial charge in [0.05, 0.1) is 12.7 Å². The quantitative estimate of drug-likeness (QED) is 0.594. The molecular weight excluding hydrogens is 356 g/mol. The number of amides is 1. The highest BCUT2D eigenvalue weighted by molar-refractivity contribution is 7.98. The molecule has 2 N–H and O–H groups in total. The number of esters is 2. The molecule has 0 aliphatic rings. The van der Waals surface area contributed by atoms with Crippen LogP contribution < -0.4 is 5.32 Å². The molecule has 1 amide bonds. The van der Waals surface area contributed by atoms with E-state index in [4.69, 9.17) is 9.47 Å². The number of H-pyrrole nitrogens is 1. The van der Waals surface area contributed by atoms with E-state index in [1.165, 1.54) is 7.11 Å². The number of hydrogen-bond acceptors (Lipinski definition) is 6. The predicted molar refractivity (Wildman–Crippen MR) is 98.7 cm³/mol. The fourth-order valence-electron chi connectivity index (χ4n) is 2.46. The van der Waals surface area contributed by atoms with Gasteiger partial charge >= 0.3 is 11.9 Å². The van der Waals surface area contributed by atoms with Crippen LogP contribution in [0.4, 0.5) is 5.69 Å². The zero-order chi connectivity index (χ0) is 19.3. The molecule has 7 nitrogen and oxygen atoms in total. The number of carbonyl (C=O) groups is 3. The Hall–Kier alpha value is -2.74. The zero-order valence-electron chi connectivity index (χ0n) is 15.0. The Balaban J connectivity index is 2.00. The summed E-state index contributed by atoms with van der Waals surface area (Å²) < 4.78 is 9.74.